The van der Waals surface area contributed by atoms with Crippen LogP contribution in [0.15, 0.2) is 30.5 Å². The van der Waals surface area contributed by atoms with Crippen LogP contribution in [-0.4, -0.2) is 36.9 Å². The van der Waals surface area contributed by atoms with Crippen molar-refractivity contribution in [3.8, 4) is 28.5 Å². The number of H-pyrrole nitrogens is 1. The van der Waals surface area contributed by atoms with Crippen molar-refractivity contribution >= 4 is 5.65 Å². The van der Waals surface area contributed by atoms with Gasteiger partial charge in [0, 0.05) is 6.42 Å². The first-order valence-electron chi connectivity index (χ1n) is 8.04. The van der Waals surface area contributed by atoms with Crippen LogP contribution in [0.5, 0.6) is 5.75 Å². The monoisotopic (exact) mass is 322 g/mol. The maximum Gasteiger partial charge on any atom is 0.188 e. The number of fused-ring (bicyclic) bond motifs is 3. The Labute approximate surface area is 139 Å². The molecule has 0 aliphatic carbocycles. The molecule has 3 heterocycles. The number of methoxy groups -OCH3 is 1. The van der Waals surface area contributed by atoms with E-state index in [-0.39, 0.29) is 0 Å². The summed E-state index contributed by atoms with van der Waals surface area (Å²) < 4.78 is 7.39. The molecule has 7 heteroatoms. The van der Waals surface area contributed by atoms with Crippen molar-refractivity contribution in [2.75, 3.05) is 7.11 Å². The lowest BCUT2D eigenvalue weighted by Crippen LogP contribution is -2.05. The second-order valence-electron chi connectivity index (χ2n) is 5.64. The lowest BCUT2D eigenvalue weighted by atomic mass is 10.2. The molecule has 0 saturated heterocycles. The number of hydrogen-bond donors (Lipinski definition) is 1. The quantitative estimate of drug-likeness (QED) is 0.611. The van der Waals surface area contributed by atoms with Crippen molar-refractivity contribution in [3.05, 3.63) is 36.3 Å². The molecule has 0 unspecified atom stereocenters. The Kier molecular flexibility index (Phi) is 3.60. The number of aromatic amines is 1. The maximum atomic E-state index is 5.45. The van der Waals surface area contributed by atoms with Gasteiger partial charge in [-0.05, 0) is 18.6 Å². The molecule has 1 N–H and O–H groups in total. The lowest BCUT2D eigenvalue weighted by Gasteiger charge is -2.06. The van der Waals surface area contributed by atoms with Crippen LogP contribution in [0, 0.1) is 0 Å². The zero-order chi connectivity index (χ0) is 16.5. The number of para-hydroxylation sites is 1. The maximum absolute atomic E-state index is 5.45. The molecule has 2 aliphatic heterocycles. The van der Waals surface area contributed by atoms with Crippen LogP contribution >= 0.6 is 0 Å². The highest BCUT2D eigenvalue weighted by Gasteiger charge is 2.20. The number of ether oxygens (including phenoxy) is 1. The largest absolute Gasteiger partial charge is 0.496 e. The smallest absolute Gasteiger partial charge is 0.188 e. The molecule has 7 nitrogen and oxygen atoms in total. The molecule has 0 bridgehead atoms. The Bertz CT molecular complexity index is 957. The van der Waals surface area contributed by atoms with Crippen molar-refractivity contribution < 1.29 is 4.74 Å². The number of unbranched alkanes of at least 4 members (excludes halogenated alkanes) is 1. The molecule has 0 atom stereocenters. The standard InChI is InChI=1S/C17H18N6O/c1-3-4-9-14-19-15-12(10-18-21-15)17-20-16(22-23(14)17)11-7-5-6-8-13(11)24-2/h5-8,10H,3-4,9H2,1-2H3,(H,20,22). The molecule has 1 aromatic carbocycles. The van der Waals surface area contributed by atoms with Gasteiger partial charge in [0.1, 0.15) is 11.6 Å². The van der Waals surface area contributed by atoms with E-state index >= 15 is 0 Å². The third-order valence-corrected chi connectivity index (χ3v) is 4.08. The van der Waals surface area contributed by atoms with Crippen molar-refractivity contribution in [3.63, 3.8) is 0 Å². The molecule has 0 amide bonds. The summed E-state index contributed by atoms with van der Waals surface area (Å²) in [7, 11) is 1.66. The Balaban J connectivity index is 1.94. The fourth-order valence-electron chi connectivity index (χ4n) is 2.84. The second-order valence-corrected chi connectivity index (χ2v) is 5.64. The van der Waals surface area contributed by atoms with Crippen LogP contribution in [0.25, 0.3) is 28.4 Å². The number of hydrogen-bond acceptors (Lipinski definition) is 5. The summed E-state index contributed by atoms with van der Waals surface area (Å²) in [6.07, 6.45) is 4.71. The van der Waals surface area contributed by atoms with E-state index < -0.39 is 0 Å². The molecule has 122 valence electrons. The summed E-state index contributed by atoms with van der Waals surface area (Å²) in [5.74, 6) is 3.06. The molecule has 0 radical (unpaired) electrons. The van der Waals surface area contributed by atoms with E-state index in [1.807, 2.05) is 28.8 Å². The Morgan fingerprint density at radius 1 is 1.17 bits per heavy atom. The van der Waals surface area contributed by atoms with Gasteiger partial charge in [-0.3, -0.25) is 5.10 Å². The Morgan fingerprint density at radius 3 is 2.88 bits per heavy atom. The summed E-state index contributed by atoms with van der Waals surface area (Å²) in [6, 6.07) is 7.81. The summed E-state index contributed by atoms with van der Waals surface area (Å²) in [6.45, 7) is 2.16. The topological polar surface area (TPSA) is 81.0 Å². The minimum Gasteiger partial charge on any atom is -0.496 e. The van der Waals surface area contributed by atoms with Crippen molar-refractivity contribution in [1.82, 2.24) is 29.8 Å². The minimum absolute atomic E-state index is 0.638. The average Bonchev–Trinajstić information content (AvgIpc) is 3.25. The van der Waals surface area contributed by atoms with Crippen LogP contribution < -0.4 is 4.74 Å². The average molecular weight is 322 g/mol. The van der Waals surface area contributed by atoms with E-state index in [2.05, 4.69) is 27.2 Å². The summed E-state index contributed by atoms with van der Waals surface area (Å²) in [5, 5.41) is 11.4. The van der Waals surface area contributed by atoms with E-state index in [1.54, 1.807) is 13.3 Å². The predicted octanol–water partition coefficient (Wildman–Crippen LogP) is 2.97. The predicted molar refractivity (Wildman–Crippen MR) is 90.1 cm³/mol. The normalized spacial score (nSPS) is 11.4. The lowest BCUT2D eigenvalue weighted by molar-refractivity contribution is 0.416. The number of benzene rings is 1. The number of rotatable bonds is 5. The van der Waals surface area contributed by atoms with E-state index in [1.165, 1.54) is 0 Å². The molecule has 0 fully saturated rings. The molecule has 0 saturated carbocycles. The zero-order valence-corrected chi connectivity index (χ0v) is 13.7. The van der Waals surface area contributed by atoms with Gasteiger partial charge in [-0.1, -0.05) is 25.5 Å². The van der Waals surface area contributed by atoms with Crippen LogP contribution in [-0.2, 0) is 6.42 Å². The van der Waals surface area contributed by atoms with Crippen molar-refractivity contribution in [2.45, 2.75) is 26.2 Å². The summed E-state index contributed by atoms with van der Waals surface area (Å²) in [4.78, 5) is 9.41. The molecule has 2 aromatic rings. The van der Waals surface area contributed by atoms with Gasteiger partial charge in [0.15, 0.2) is 17.3 Å². The van der Waals surface area contributed by atoms with Gasteiger partial charge in [0.2, 0.25) is 0 Å². The molecule has 24 heavy (non-hydrogen) atoms. The van der Waals surface area contributed by atoms with Crippen LogP contribution in [0.2, 0.25) is 0 Å². The Hall–Kier alpha value is -2.96. The third-order valence-electron chi connectivity index (χ3n) is 4.08. The third kappa shape index (κ3) is 2.29. The first-order chi connectivity index (χ1) is 11.8. The SMILES string of the molecule is CCCCc1nc2nncc-2c2nc(-c3ccccc3OC)[nH]n12. The summed E-state index contributed by atoms with van der Waals surface area (Å²) in [5.41, 5.74) is 2.54. The van der Waals surface area contributed by atoms with Crippen LogP contribution in [0.1, 0.15) is 25.6 Å². The number of aromatic nitrogens is 6. The van der Waals surface area contributed by atoms with Crippen LogP contribution in [0.3, 0.4) is 0 Å². The van der Waals surface area contributed by atoms with E-state index in [9.17, 15) is 0 Å². The van der Waals surface area contributed by atoms with Crippen LogP contribution in [0.4, 0.5) is 0 Å². The van der Waals surface area contributed by atoms with E-state index in [0.717, 1.165) is 53.4 Å². The van der Waals surface area contributed by atoms with E-state index in [0.29, 0.717) is 5.82 Å². The molecule has 2 aliphatic rings. The van der Waals surface area contributed by atoms with Gasteiger partial charge in [-0.2, -0.15) is 5.10 Å². The van der Waals surface area contributed by atoms with Gasteiger partial charge < -0.3 is 4.74 Å². The van der Waals surface area contributed by atoms with Gasteiger partial charge in [0.25, 0.3) is 0 Å². The first-order valence-corrected chi connectivity index (χ1v) is 8.04. The highest BCUT2D eigenvalue weighted by Crippen LogP contribution is 2.30. The number of nitrogens with one attached hydrogen (secondary N) is 1. The molecule has 1 aromatic heterocycles. The zero-order valence-electron chi connectivity index (χ0n) is 13.7. The highest BCUT2D eigenvalue weighted by atomic mass is 16.5. The van der Waals surface area contributed by atoms with E-state index in [4.69, 9.17) is 9.72 Å². The van der Waals surface area contributed by atoms with Gasteiger partial charge in [-0.25, -0.2) is 14.5 Å². The highest BCUT2D eigenvalue weighted by molar-refractivity contribution is 5.75. The second kappa shape index (κ2) is 5.92. The fraction of sp³-hybridized carbons (Fsp3) is 0.294. The first kappa shape index (κ1) is 14.6. The number of aryl methyl sites for hydroxylation is 1. The van der Waals surface area contributed by atoms with Crippen molar-refractivity contribution in [2.24, 2.45) is 0 Å². The number of nitrogens with zero attached hydrogens (tertiary/aromatic N) is 5. The molecule has 0 spiro atoms. The van der Waals surface area contributed by atoms with Gasteiger partial charge in [-0.15, -0.1) is 5.10 Å². The fourth-order valence-corrected chi connectivity index (χ4v) is 2.84. The van der Waals surface area contributed by atoms with Gasteiger partial charge >= 0.3 is 0 Å². The molecular formula is C17H18N6O. The molecule has 4 rings (SSSR count). The van der Waals surface area contributed by atoms with Gasteiger partial charge in [0.05, 0.1) is 24.4 Å². The molecular weight excluding hydrogens is 304 g/mol. The van der Waals surface area contributed by atoms with Crippen molar-refractivity contribution in [1.29, 1.82) is 0 Å². The minimum atomic E-state index is 0.638. The summed E-state index contributed by atoms with van der Waals surface area (Å²) >= 11 is 0. The Morgan fingerprint density at radius 2 is 2.04 bits per heavy atom.